The van der Waals surface area contributed by atoms with Crippen molar-refractivity contribution in [2.45, 2.75) is 11.2 Å². The summed E-state index contributed by atoms with van der Waals surface area (Å²) in [5, 5.41) is 0. The van der Waals surface area contributed by atoms with E-state index in [1.165, 1.54) is 0 Å². The highest BCUT2D eigenvalue weighted by atomic mass is 79.9. The maximum Gasteiger partial charge on any atom is 0.237 e. The Morgan fingerprint density at radius 2 is 2.60 bits per heavy atom. The van der Waals surface area contributed by atoms with Gasteiger partial charge in [0.2, 0.25) is 5.91 Å². The van der Waals surface area contributed by atoms with Crippen LogP contribution >= 0.6 is 15.9 Å². The molecule has 54 valence electrons. The van der Waals surface area contributed by atoms with Crippen molar-refractivity contribution < 1.29 is 4.79 Å². The Kier molecular flexibility index (Phi) is 2.34. The van der Waals surface area contributed by atoms with E-state index in [1.807, 2.05) is 0 Å². The Morgan fingerprint density at radius 1 is 1.90 bits per heavy atom. The predicted molar refractivity (Wildman–Crippen MR) is 42.7 cm³/mol. The summed E-state index contributed by atoms with van der Waals surface area (Å²) in [6.07, 6.45) is 5.93. The van der Waals surface area contributed by atoms with Crippen molar-refractivity contribution in [3.05, 3.63) is 0 Å². The van der Waals surface area contributed by atoms with E-state index in [1.54, 1.807) is 4.90 Å². The van der Waals surface area contributed by atoms with Crippen LogP contribution in [-0.4, -0.2) is 28.7 Å². The number of nitrogens with zero attached hydrogens (tertiary/aromatic N) is 1. The molecule has 1 rings (SSSR count). The first-order chi connectivity index (χ1) is 4.75. The third-order valence-electron chi connectivity index (χ3n) is 1.51. The molecular formula is C7H8BrNO. The van der Waals surface area contributed by atoms with Crippen LogP contribution in [0.25, 0.3) is 0 Å². The van der Waals surface area contributed by atoms with Crippen LogP contribution in [0.15, 0.2) is 0 Å². The lowest BCUT2D eigenvalue weighted by Crippen LogP contribution is -2.27. The molecule has 1 fully saturated rings. The molecular weight excluding hydrogens is 194 g/mol. The van der Waals surface area contributed by atoms with Gasteiger partial charge >= 0.3 is 0 Å². The Labute approximate surface area is 68.7 Å². The van der Waals surface area contributed by atoms with Crippen molar-refractivity contribution in [2.24, 2.45) is 0 Å². The highest BCUT2D eigenvalue weighted by molar-refractivity contribution is 9.10. The second kappa shape index (κ2) is 3.07. The summed E-state index contributed by atoms with van der Waals surface area (Å²) in [7, 11) is 0. The van der Waals surface area contributed by atoms with Gasteiger partial charge in [-0.25, -0.2) is 0 Å². The van der Waals surface area contributed by atoms with Gasteiger partial charge in [0.05, 0.1) is 11.4 Å². The van der Waals surface area contributed by atoms with Crippen molar-refractivity contribution in [1.29, 1.82) is 0 Å². The molecule has 0 bridgehead atoms. The number of amides is 1. The summed E-state index contributed by atoms with van der Waals surface area (Å²) in [5.41, 5.74) is 0. The van der Waals surface area contributed by atoms with Gasteiger partial charge in [-0.1, -0.05) is 21.9 Å². The summed E-state index contributed by atoms with van der Waals surface area (Å²) in [5.74, 6) is 2.57. The van der Waals surface area contributed by atoms with E-state index in [9.17, 15) is 4.79 Å². The van der Waals surface area contributed by atoms with E-state index < -0.39 is 0 Å². The average Bonchev–Trinajstić information content (AvgIpc) is 2.20. The number of halogens is 1. The monoisotopic (exact) mass is 201 g/mol. The molecule has 1 saturated heterocycles. The van der Waals surface area contributed by atoms with Crippen LogP contribution in [0, 0.1) is 12.3 Å². The third kappa shape index (κ3) is 1.32. The summed E-state index contributed by atoms with van der Waals surface area (Å²) in [4.78, 5) is 12.8. The van der Waals surface area contributed by atoms with E-state index in [4.69, 9.17) is 6.42 Å². The van der Waals surface area contributed by atoms with Gasteiger partial charge in [0.1, 0.15) is 0 Å². The molecule has 0 aliphatic carbocycles. The van der Waals surface area contributed by atoms with Crippen molar-refractivity contribution in [3.63, 3.8) is 0 Å². The van der Waals surface area contributed by atoms with Crippen LogP contribution < -0.4 is 0 Å². The van der Waals surface area contributed by atoms with Crippen LogP contribution in [0.4, 0.5) is 0 Å². The highest BCUT2D eigenvalue weighted by Crippen LogP contribution is 2.17. The zero-order valence-corrected chi connectivity index (χ0v) is 7.10. The van der Waals surface area contributed by atoms with Gasteiger partial charge < -0.3 is 4.90 Å². The molecule has 1 heterocycles. The van der Waals surface area contributed by atoms with Gasteiger partial charge in [0.25, 0.3) is 0 Å². The van der Waals surface area contributed by atoms with E-state index in [0.717, 1.165) is 13.0 Å². The van der Waals surface area contributed by atoms with Crippen molar-refractivity contribution >= 4 is 21.8 Å². The molecule has 3 heteroatoms. The van der Waals surface area contributed by atoms with Gasteiger partial charge in [-0.05, 0) is 6.42 Å². The minimum atomic E-state index is 0.000787. The maximum absolute atomic E-state index is 11.1. The lowest BCUT2D eigenvalue weighted by Gasteiger charge is -2.10. The third-order valence-corrected chi connectivity index (χ3v) is 2.36. The molecule has 0 aromatic carbocycles. The van der Waals surface area contributed by atoms with Crippen LogP contribution in [0.3, 0.4) is 0 Å². The van der Waals surface area contributed by atoms with Crippen LogP contribution in [0.1, 0.15) is 6.42 Å². The smallest absolute Gasteiger partial charge is 0.237 e. The lowest BCUT2D eigenvalue weighted by molar-refractivity contribution is -0.126. The Bertz CT molecular complexity index is 185. The molecule has 1 atom stereocenters. The quantitative estimate of drug-likeness (QED) is 0.450. The predicted octanol–water partition coefficient (Wildman–Crippen LogP) is 0.615. The molecule has 1 amide bonds. The number of carbonyl (C=O) groups excluding carboxylic acids is 1. The first-order valence-corrected chi connectivity index (χ1v) is 4.03. The molecule has 2 nitrogen and oxygen atoms in total. The number of rotatable bonds is 1. The van der Waals surface area contributed by atoms with Gasteiger partial charge in [-0.3, -0.25) is 4.79 Å². The normalized spacial score (nSPS) is 25.0. The molecule has 10 heavy (non-hydrogen) atoms. The number of hydrogen-bond donors (Lipinski definition) is 0. The molecule has 0 unspecified atom stereocenters. The topological polar surface area (TPSA) is 20.3 Å². The standard InChI is InChI=1S/C7H8BrNO/c1-2-4-9-5-3-6(8)7(9)10/h1,6H,3-5H2/t6-/m1/s1. The van der Waals surface area contributed by atoms with Gasteiger partial charge in [0, 0.05) is 6.54 Å². The zero-order valence-electron chi connectivity index (χ0n) is 5.51. The number of alkyl halides is 1. The lowest BCUT2D eigenvalue weighted by atomic mass is 10.4. The zero-order chi connectivity index (χ0) is 7.56. The van der Waals surface area contributed by atoms with Crippen LogP contribution in [0.5, 0.6) is 0 Å². The van der Waals surface area contributed by atoms with Crippen molar-refractivity contribution in [2.75, 3.05) is 13.1 Å². The van der Waals surface area contributed by atoms with Crippen molar-refractivity contribution in [3.8, 4) is 12.3 Å². The highest BCUT2D eigenvalue weighted by Gasteiger charge is 2.28. The number of carbonyl (C=O) groups is 1. The Balaban J connectivity index is 2.51. The van der Waals surface area contributed by atoms with Crippen LogP contribution in [-0.2, 0) is 4.79 Å². The van der Waals surface area contributed by atoms with E-state index in [-0.39, 0.29) is 10.7 Å². The second-order valence-electron chi connectivity index (χ2n) is 2.22. The molecule has 1 aliphatic rings. The fourth-order valence-corrected chi connectivity index (χ4v) is 1.46. The Morgan fingerprint density at radius 3 is 3.00 bits per heavy atom. The first-order valence-electron chi connectivity index (χ1n) is 3.12. The van der Waals surface area contributed by atoms with E-state index in [2.05, 4.69) is 21.9 Å². The minimum Gasteiger partial charge on any atom is -0.331 e. The summed E-state index contributed by atoms with van der Waals surface area (Å²) < 4.78 is 0. The van der Waals surface area contributed by atoms with E-state index >= 15 is 0 Å². The molecule has 0 spiro atoms. The van der Waals surface area contributed by atoms with Gasteiger partial charge in [-0.15, -0.1) is 6.42 Å². The Hall–Kier alpha value is -0.490. The maximum atomic E-state index is 11.1. The summed E-state index contributed by atoms with van der Waals surface area (Å²) in [6, 6.07) is 0. The SMILES string of the molecule is C#CCN1CC[C@@H](Br)C1=O. The molecule has 0 aromatic rings. The van der Waals surface area contributed by atoms with Crippen LogP contribution in [0.2, 0.25) is 0 Å². The molecule has 0 aromatic heterocycles. The molecule has 0 radical (unpaired) electrons. The number of hydrogen-bond acceptors (Lipinski definition) is 1. The average molecular weight is 202 g/mol. The fourth-order valence-electron chi connectivity index (χ4n) is 0.968. The number of terminal acetylenes is 1. The number of likely N-dealkylation sites (tertiary alicyclic amines) is 1. The second-order valence-corrected chi connectivity index (χ2v) is 3.33. The molecule has 1 aliphatic heterocycles. The summed E-state index contributed by atoms with van der Waals surface area (Å²) >= 11 is 3.25. The molecule has 0 N–H and O–H groups in total. The van der Waals surface area contributed by atoms with E-state index in [0.29, 0.717) is 6.54 Å². The first kappa shape index (κ1) is 7.62. The largest absolute Gasteiger partial charge is 0.331 e. The van der Waals surface area contributed by atoms with Gasteiger partial charge in [0.15, 0.2) is 0 Å². The summed E-state index contributed by atoms with van der Waals surface area (Å²) in [6.45, 7) is 1.24. The minimum absolute atomic E-state index is 0.000787. The molecule has 0 saturated carbocycles. The van der Waals surface area contributed by atoms with Crippen molar-refractivity contribution in [1.82, 2.24) is 4.90 Å². The van der Waals surface area contributed by atoms with Gasteiger partial charge in [-0.2, -0.15) is 0 Å². The fraction of sp³-hybridized carbons (Fsp3) is 0.571.